The summed E-state index contributed by atoms with van der Waals surface area (Å²) < 4.78 is 19.3. The minimum atomic E-state index is -2.80. The van der Waals surface area contributed by atoms with Crippen LogP contribution in [0.2, 0.25) is 5.02 Å². The fraction of sp³-hybridized carbons (Fsp3) is 0.0556. The highest BCUT2D eigenvalue weighted by atomic mass is 35.5. The van der Waals surface area contributed by atoms with Crippen LogP contribution >= 0.6 is 11.6 Å². The van der Waals surface area contributed by atoms with Crippen LogP contribution in [0, 0.1) is 4.78 Å². The van der Waals surface area contributed by atoms with Gasteiger partial charge in [0, 0.05) is 35.1 Å². The van der Waals surface area contributed by atoms with Crippen molar-refractivity contribution in [2.24, 2.45) is 0 Å². The third-order valence-electron chi connectivity index (χ3n) is 4.01. The van der Waals surface area contributed by atoms with E-state index in [-0.39, 0.29) is 0 Å². The van der Waals surface area contributed by atoms with Crippen LogP contribution in [0.3, 0.4) is 0 Å². The van der Waals surface area contributed by atoms with Crippen molar-refractivity contribution >= 4 is 44.0 Å². The van der Waals surface area contributed by atoms with Crippen molar-refractivity contribution < 1.29 is 4.21 Å². The highest BCUT2D eigenvalue weighted by Crippen LogP contribution is 2.32. The molecule has 0 spiro atoms. The number of nitrogens with one attached hydrogen (secondary N) is 3. The molecule has 4 aromatic rings. The van der Waals surface area contributed by atoms with Crippen LogP contribution in [0.5, 0.6) is 0 Å². The second-order valence-electron chi connectivity index (χ2n) is 5.99. The van der Waals surface area contributed by atoms with E-state index in [1.165, 1.54) is 18.6 Å². The summed E-state index contributed by atoms with van der Waals surface area (Å²) >= 11 is 6.33. The van der Waals surface area contributed by atoms with E-state index >= 15 is 0 Å². The number of aromatic amines is 1. The lowest BCUT2D eigenvalue weighted by Crippen LogP contribution is -2.02. The Morgan fingerprint density at radius 3 is 2.70 bits per heavy atom. The molecular formula is C18H15ClN6OS. The van der Waals surface area contributed by atoms with Gasteiger partial charge in [0.15, 0.2) is 0 Å². The molecule has 0 aliphatic carbocycles. The van der Waals surface area contributed by atoms with E-state index in [4.69, 9.17) is 16.4 Å². The van der Waals surface area contributed by atoms with Crippen molar-refractivity contribution in [1.29, 1.82) is 4.78 Å². The van der Waals surface area contributed by atoms with E-state index < -0.39 is 9.73 Å². The van der Waals surface area contributed by atoms with Crippen LogP contribution in [0.25, 0.3) is 22.2 Å². The predicted molar refractivity (Wildman–Crippen MR) is 107 cm³/mol. The zero-order valence-electron chi connectivity index (χ0n) is 14.2. The summed E-state index contributed by atoms with van der Waals surface area (Å²) in [5, 5.41) is 4.46. The summed E-state index contributed by atoms with van der Waals surface area (Å²) in [6, 6.07) is 11.1. The average Bonchev–Trinajstić information content (AvgIpc) is 3.07. The molecule has 0 aliphatic heterocycles. The predicted octanol–water partition coefficient (Wildman–Crippen LogP) is 4.45. The van der Waals surface area contributed by atoms with Gasteiger partial charge in [0.2, 0.25) is 5.95 Å². The van der Waals surface area contributed by atoms with Crippen molar-refractivity contribution in [2.45, 2.75) is 4.90 Å². The molecule has 0 saturated heterocycles. The molecule has 1 atom stereocenters. The molecule has 0 fully saturated rings. The van der Waals surface area contributed by atoms with Gasteiger partial charge in [0.05, 0.1) is 31.5 Å². The van der Waals surface area contributed by atoms with Crippen molar-refractivity contribution in [3.63, 3.8) is 0 Å². The van der Waals surface area contributed by atoms with Gasteiger partial charge in [-0.25, -0.2) is 23.9 Å². The molecule has 0 radical (unpaired) electrons. The smallest absolute Gasteiger partial charge is 0.228 e. The van der Waals surface area contributed by atoms with Crippen molar-refractivity contribution in [3.05, 3.63) is 60.0 Å². The standard InChI is InChI=1S/C18H15ClN6OS/c1-27(20,26)11-6-7-16(22-8-11)24-18-23-10-14(19)17(25-18)13-9-21-15-5-3-2-4-12(13)15/h2-10,20-21H,1H3,(H,22,23,24,25). The average molecular weight is 399 g/mol. The number of aromatic nitrogens is 4. The SMILES string of the molecule is CS(=N)(=O)c1ccc(Nc2ncc(Cl)c(-c3c[nH]c4ccccc34)n2)nc1. The highest BCUT2D eigenvalue weighted by Gasteiger charge is 2.13. The topological polar surface area (TPSA) is 107 Å². The van der Waals surface area contributed by atoms with Gasteiger partial charge >= 0.3 is 0 Å². The molecular weight excluding hydrogens is 384 g/mol. The van der Waals surface area contributed by atoms with Crippen LogP contribution in [-0.2, 0) is 9.73 Å². The minimum absolute atomic E-state index is 0.336. The van der Waals surface area contributed by atoms with Gasteiger partial charge in [-0.3, -0.25) is 0 Å². The molecule has 0 bridgehead atoms. The highest BCUT2D eigenvalue weighted by molar-refractivity contribution is 7.91. The second-order valence-corrected chi connectivity index (χ2v) is 8.55. The molecule has 3 aromatic heterocycles. The normalized spacial score (nSPS) is 13.4. The first-order valence-electron chi connectivity index (χ1n) is 7.98. The number of benzene rings is 1. The molecule has 1 unspecified atom stereocenters. The van der Waals surface area contributed by atoms with Gasteiger partial charge in [-0.15, -0.1) is 0 Å². The van der Waals surface area contributed by atoms with Crippen LogP contribution in [-0.4, -0.2) is 30.4 Å². The Hall–Kier alpha value is -2.97. The lowest BCUT2D eigenvalue weighted by atomic mass is 10.1. The van der Waals surface area contributed by atoms with Gasteiger partial charge in [-0.1, -0.05) is 29.8 Å². The summed E-state index contributed by atoms with van der Waals surface area (Å²) in [7, 11) is -2.80. The van der Waals surface area contributed by atoms with Gasteiger partial charge in [0.25, 0.3) is 0 Å². The maximum Gasteiger partial charge on any atom is 0.228 e. The Labute approximate surface area is 160 Å². The van der Waals surface area contributed by atoms with E-state index in [0.29, 0.717) is 27.4 Å². The summed E-state index contributed by atoms with van der Waals surface area (Å²) in [5.41, 5.74) is 2.47. The third-order valence-corrected chi connectivity index (χ3v) is 5.43. The Morgan fingerprint density at radius 1 is 1.15 bits per heavy atom. The number of H-pyrrole nitrogens is 1. The molecule has 1 aromatic carbocycles. The Kier molecular flexibility index (Phi) is 4.29. The number of hydrogen-bond acceptors (Lipinski definition) is 6. The zero-order chi connectivity index (χ0) is 19.0. The molecule has 0 saturated carbocycles. The molecule has 136 valence electrons. The maximum absolute atomic E-state index is 11.7. The Balaban J connectivity index is 1.69. The van der Waals surface area contributed by atoms with E-state index in [2.05, 4.69) is 25.3 Å². The fourth-order valence-corrected chi connectivity index (χ4v) is 3.46. The van der Waals surface area contributed by atoms with Crippen LogP contribution < -0.4 is 5.32 Å². The number of nitrogens with zero attached hydrogens (tertiary/aromatic N) is 3. The van der Waals surface area contributed by atoms with Crippen molar-refractivity contribution in [1.82, 2.24) is 19.9 Å². The van der Waals surface area contributed by atoms with Gasteiger partial charge in [-0.05, 0) is 18.2 Å². The zero-order valence-corrected chi connectivity index (χ0v) is 15.8. The lowest BCUT2D eigenvalue weighted by molar-refractivity contribution is 0.678. The lowest BCUT2D eigenvalue weighted by Gasteiger charge is -2.08. The summed E-state index contributed by atoms with van der Waals surface area (Å²) in [6.07, 6.45) is 6.16. The summed E-state index contributed by atoms with van der Waals surface area (Å²) in [4.78, 5) is 16.5. The molecule has 0 aliphatic rings. The first-order valence-corrected chi connectivity index (χ1v) is 10.3. The number of halogens is 1. The number of anilines is 2. The van der Waals surface area contributed by atoms with Crippen molar-refractivity contribution in [3.8, 4) is 11.3 Å². The maximum atomic E-state index is 11.7. The third kappa shape index (κ3) is 3.49. The van der Waals surface area contributed by atoms with Crippen LogP contribution in [0.4, 0.5) is 11.8 Å². The van der Waals surface area contributed by atoms with Crippen LogP contribution in [0.1, 0.15) is 0 Å². The number of para-hydroxylation sites is 1. The summed E-state index contributed by atoms with van der Waals surface area (Å²) in [6.45, 7) is 0. The van der Waals surface area contributed by atoms with Gasteiger partial charge in [-0.2, -0.15) is 0 Å². The minimum Gasteiger partial charge on any atom is -0.360 e. The molecule has 0 amide bonds. The quantitative estimate of drug-likeness (QED) is 0.470. The molecule has 27 heavy (non-hydrogen) atoms. The Morgan fingerprint density at radius 2 is 1.96 bits per heavy atom. The molecule has 3 heterocycles. The van der Waals surface area contributed by atoms with Crippen LogP contribution in [0.15, 0.2) is 59.9 Å². The fourth-order valence-electron chi connectivity index (χ4n) is 2.68. The van der Waals surface area contributed by atoms with Gasteiger partial charge in [0.1, 0.15) is 5.82 Å². The van der Waals surface area contributed by atoms with E-state index in [0.717, 1.165) is 16.5 Å². The second kappa shape index (κ2) is 6.64. The van der Waals surface area contributed by atoms with E-state index in [1.54, 1.807) is 12.1 Å². The van der Waals surface area contributed by atoms with E-state index in [9.17, 15) is 4.21 Å². The molecule has 3 N–H and O–H groups in total. The Bertz CT molecular complexity index is 1230. The summed E-state index contributed by atoms with van der Waals surface area (Å²) in [5.74, 6) is 0.817. The first kappa shape index (κ1) is 17.4. The number of pyridine rings is 1. The molecule has 4 rings (SSSR count). The van der Waals surface area contributed by atoms with Gasteiger partial charge < -0.3 is 10.3 Å². The number of fused-ring (bicyclic) bond motifs is 1. The first-order chi connectivity index (χ1) is 12.9. The monoisotopic (exact) mass is 398 g/mol. The largest absolute Gasteiger partial charge is 0.360 e. The number of rotatable bonds is 4. The van der Waals surface area contributed by atoms with Crippen molar-refractivity contribution in [2.75, 3.05) is 11.6 Å². The molecule has 7 nitrogen and oxygen atoms in total. The number of hydrogen-bond donors (Lipinski definition) is 3. The molecule has 9 heteroatoms. The van der Waals surface area contributed by atoms with E-state index in [1.807, 2.05) is 30.5 Å².